The Kier molecular flexibility index (Phi) is 4.73. The Morgan fingerprint density at radius 3 is 2.54 bits per heavy atom. The number of aromatic nitrogens is 1. The van der Waals surface area contributed by atoms with Crippen LogP contribution in [0.15, 0.2) is 48.7 Å². The number of fused-ring (bicyclic) bond motifs is 2. The van der Waals surface area contributed by atoms with Crippen molar-refractivity contribution < 1.29 is 13.9 Å². The molecule has 6 heteroatoms. The van der Waals surface area contributed by atoms with E-state index < -0.39 is 0 Å². The highest BCUT2D eigenvalue weighted by atomic mass is 19.1. The maximum atomic E-state index is 13.0. The molecule has 2 fully saturated rings. The van der Waals surface area contributed by atoms with Crippen molar-refractivity contribution in [2.75, 3.05) is 0 Å². The lowest BCUT2D eigenvalue weighted by Gasteiger charge is -2.38. The molecule has 5 nitrogen and oxygen atoms in total. The lowest BCUT2D eigenvalue weighted by molar-refractivity contribution is 0.0660. The fraction of sp³-hybridized carbons (Fsp3) is 0.400. The second-order valence-corrected chi connectivity index (χ2v) is 6.96. The third-order valence-electron chi connectivity index (χ3n) is 5.21. The van der Waals surface area contributed by atoms with Gasteiger partial charge in [0, 0.05) is 43.7 Å². The van der Waals surface area contributed by atoms with Crippen LogP contribution < -0.4 is 10.1 Å². The highest BCUT2D eigenvalue weighted by molar-refractivity contribution is 5.75. The number of ether oxygens (including phenoxy) is 1. The Balaban J connectivity index is 1.34. The number of urea groups is 1. The van der Waals surface area contributed by atoms with Crippen LogP contribution in [0, 0.1) is 5.82 Å². The zero-order valence-electron chi connectivity index (χ0n) is 14.5. The largest absolute Gasteiger partial charge is 0.474 e. The van der Waals surface area contributed by atoms with Crippen LogP contribution in [-0.4, -0.2) is 34.1 Å². The Bertz CT molecular complexity index is 739. The number of hydrogen-bond donors (Lipinski definition) is 1. The van der Waals surface area contributed by atoms with Crippen LogP contribution in [-0.2, 0) is 6.54 Å². The predicted octanol–water partition coefficient (Wildman–Crippen LogP) is 3.50. The summed E-state index contributed by atoms with van der Waals surface area (Å²) in [5.41, 5.74) is 0.889. The summed E-state index contributed by atoms with van der Waals surface area (Å²) in [7, 11) is 0. The standard InChI is InChI=1S/C20H22FN3O2/c21-15-6-4-14(5-7-15)13-23-20(25)24-16-8-9-17(24)12-18(11-16)26-19-3-1-2-10-22-19/h1-7,10,16-18H,8-9,11-13H2,(H,23,25). The number of carbonyl (C=O) groups excluding carboxylic acids is 1. The predicted molar refractivity (Wildman–Crippen MR) is 95.2 cm³/mol. The summed E-state index contributed by atoms with van der Waals surface area (Å²) >= 11 is 0. The SMILES string of the molecule is O=C(NCc1ccc(F)cc1)N1C2CCC1CC(Oc1ccccn1)C2. The molecule has 2 bridgehead atoms. The van der Waals surface area contributed by atoms with Gasteiger partial charge in [-0.25, -0.2) is 14.2 Å². The van der Waals surface area contributed by atoms with Gasteiger partial charge < -0.3 is 15.0 Å². The van der Waals surface area contributed by atoms with Gasteiger partial charge in [-0.2, -0.15) is 0 Å². The van der Waals surface area contributed by atoms with E-state index in [0.717, 1.165) is 31.2 Å². The van der Waals surface area contributed by atoms with Gasteiger partial charge in [-0.3, -0.25) is 0 Å². The summed E-state index contributed by atoms with van der Waals surface area (Å²) in [4.78, 5) is 18.9. The van der Waals surface area contributed by atoms with Gasteiger partial charge in [0.15, 0.2) is 0 Å². The molecule has 0 radical (unpaired) electrons. The van der Waals surface area contributed by atoms with Crippen molar-refractivity contribution in [2.45, 2.75) is 50.4 Å². The molecule has 1 N–H and O–H groups in total. The molecular weight excluding hydrogens is 333 g/mol. The van der Waals surface area contributed by atoms with Gasteiger partial charge in [-0.15, -0.1) is 0 Å². The van der Waals surface area contributed by atoms with E-state index in [1.165, 1.54) is 12.1 Å². The van der Waals surface area contributed by atoms with E-state index in [2.05, 4.69) is 10.3 Å². The van der Waals surface area contributed by atoms with Gasteiger partial charge in [-0.05, 0) is 36.6 Å². The van der Waals surface area contributed by atoms with Gasteiger partial charge in [0.05, 0.1) is 0 Å². The molecule has 1 aromatic heterocycles. The number of benzene rings is 1. The minimum absolute atomic E-state index is 0.0434. The average Bonchev–Trinajstić information content (AvgIpc) is 2.93. The highest BCUT2D eigenvalue weighted by Gasteiger charge is 2.44. The summed E-state index contributed by atoms with van der Waals surface area (Å²) in [5.74, 6) is 0.374. The smallest absolute Gasteiger partial charge is 0.318 e. The minimum Gasteiger partial charge on any atom is -0.474 e. The molecule has 2 saturated heterocycles. The number of pyridine rings is 1. The molecule has 2 unspecified atom stereocenters. The van der Waals surface area contributed by atoms with Gasteiger partial charge in [0.1, 0.15) is 11.9 Å². The van der Waals surface area contributed by atoms with Crippen LogP contribution in [0.4, 0.5) is 9.18 Å². The zero-order valence-corrected chi connectivity index (χ0v) is 14.5. The molecule has 0 aliphatic carbocycles. The fourth-order valence-corrected chi connectivity index (χ4v) is 4.01. The summed E-state index contributed by atoms with van der Waals surface area (Å²) < 4.78 is 19.0. The van der Waals surface area contributed by atoms with Crippen LogP contribution in [0.5, 0.6) is 5.88 Å². The number of halogens is 1. The molecule has 1 aromatic carbocycles. The minimum atomic E-state index is -0.270. The van der Waals surface area contributed by atoms with Crippen LogP contribution in [0.3, 0.4) is 0 Å². The summed E-state index contributed by atoms with van der Waals surface area (Å²) in [6.45, 7) is 0.406. The normalized spacial score (nSPS) is 24.3. The van der Waals surface area contributed by atoms with Gasteiger partial charge in [-0.1, -0.05) is 18.2 Å². The summed E-state index contributed by atoms with van der Waals surface area (Å²) in [5, 5.41) is 2.96. The van der Waals surface area contributed by atoms with Gasteiger partial charge in [0.2, 0.25) is 5.88 Å². The first-order valence-corrected chi connectivity index (χ1v) is 9.07. The molecule has 2 aliphatic heterocycles. The number of hydrogen-bond acceptors (Lipinski definition) is 3. The molecule has 0 saturated carbocycles. The van der Waals surface area contributed by atoms with Crippen LogP contribution in [0.1, 0.15) is 31.2 Å². The lowest BCUT2D eigenvalue weighted by Crippen LogP contribution is -2.52. The summed E-state index contributed by atoms with van der Waals surface area (Å²) in [6, 6.07) is 12.2. The Morgan fingerprint density at radius 1 is 1.15 bits per heavy atom. The Labute approximate surface area is 152 Å². The molecule has 2 atom stereocenters. The van der Waals surface area contributed by atoms with Crippen molar-refractivity contribution in [1.29, 1.82) is 0 Å². The fourth-order valence-electron chi connectivity index (χ4n) is 4.01. The number of amides is 2. The van der Waals surface area contributed by atoms with Crippen LogP contribution >= 0.6 is 0 Å². The monoisotopic (exact) mass is 355 g/mol. The van der Waals surface area contributed by atoms with Crippen LogP contribution in [0.25, 0.3) is 0 Å². The Hall–Kier alpha value is -2.63. The van der Waals surface area contributed by atoms with E-state index in [1.54, 1.807) is 18.3 Å². The van der Waals surface area contributed by atoms with Gasteiger partial charge >= 0.3 is 6.03 Å². The van der Waals surface area contributed by atoms with Crippen molar-refractivity contribution in [3.05, 3.63) is 60.0 Å². The molecule has 3 heterocycles. The first-order valence-electron chi connectivity index (χ1n) is 9.07. The topological polar surface area (TPSA) is 54.5 Å². The van der Waals surface area contributed by atoms with E-state index in [9.17, 15) is 9.18 Å². The van der Waals surface area contributed by atoms with Crippen molar-refractivity contribution in [3.8, 4) is 5.88 Å². The number of piperidine rings is 1. The number of nitrogens with one attached hydrogen (secondary N) is 1. The van der Waals surface area contributed by atoms with Crippen molar-refractivity contribution in [3.63, 3.8) is 0 Å². The molecular formula is C20H22FN3O2. The van der Waals surface area contributed by atoms with E-state index in [4.69, 9.17) is 4.74 Å². The first kappa shape index (κ1) is 16.8. The molecule has 2 aromatic rings. The molecule has 4 rings (SSSR count). The maximum Gasteiger partial charge on any atom is 0.318 e. The van der Waals surface area contributed by atoms with Crippen molar-refractivity contribution >= 4 is 6.03 Å². The molecule has 136 valence electrons. The highest BCUT2D eigenvalue weighted by Crippen LogP contribution is 2.37. The number of rotatable bonds is 4. The quantitative estimate of drug-likeness (QED) is 0.913. The third-order valence-corrected chi connectivity index (χ3v) is 5.21. The second kappa shape index (κ2) is 7.32. The zero-order chi connectivity index (χ0) is 17.9. The molecule has 2 aliphatic rings. The van der Waals surface area contributed by atoms with Gasteiger partial charge in [0.25, 0.3) is 0 Å². The van der Waals surface area contributed by atoms with E-state index >= 15 is 0 Å². The summed E-state index contributed by atoms with van der Waals surface area (Å²) in [6.07, 6.45) is 5.51. The Morgan fingerprint density at radius 2 is 1.88 bits per heavy atom. The lowest BCUT2D eigenvalue weighted by atomic mass is 10.00. The number of carbonyl (C=O) groups is 1. The van der Waals surface area contributed by atoms with Crippen molar-refractivity contribution in [2.24, 2.45) is 0 Å². The van der Waals surface area contributed by atoms with E-state index in [0.29, 0.717) is 12.4 Å². The number of nitrogens with zero attached hydrogens (tertiary/aromatic N) is 2. The second-order valence-electron chi connectivity index (χ2n) is 6.96. The average molecular weight is 355 g/mol. The molecule has 0 spiro atoms. The van der Waals surface area contributed by atoms with E-state index in [1.807, 2.05) is 23.1 Å². The first-order chi connectivity index (χ1) is 12.7. The molecule has 2 amide bonds. The third kappa shape index (κ3) is 3.64. The van der Waals surface area contributed by atoms with E-state index in [-0.39, 0.29) is 30.0 Å². The maximum absolute atomic E-state index is 13.0. The molecule has 26 heavy (non-hydrogen) atoms. The van der Waals surface area contributed by atoms with Crippen molar-refractivity contribution in [1.82, 2.24) is 15.2 Å². The van der Waals surface area contributed by atoms with Crippen LogP contribution in [0.2, 0.25) is 0 Å².